The number of carbonyl (C=O) groups excluding carboxylic acids is 1. The molecule has 0 aliphatic carbocycles. The van der Waals surface area contributed by atoms with Gasteiger partial charge in [-0.15, -0.1) is 0 Å². The second kappa shape index (κ2) is 11.5. The maximum absolute atomic E-state index is 13.8. The van der Waals surface area contributed by atoms with E-state index in [1.165, 1.54) is 23.8 Å². The number of esters is 1. The van der Waals surface area contributed by atoms with Crippen molar-refractivity contribution in [2.24, 2.45) is 4.99 Å². The van der Waals surface area contributed by atoms with Gasteiger partial charge in [0.15, 0.2) is 16.3 Å². The molecule has 2 aromatic carbocycles. The van der Waals surface area contributed by atoms with E-state index in [1.54, 1.807) is 63.3 Å². The van der Waals surface area contributed by atoms with E-state index in [-0.39, 0.29) is 29.5 Å². The lowest BCUT2D eigenvalue weighted by molar-refractivity contribution is -0.384. The Balaban J connectivity index is 1.91. The third-order valence-corrected chi connectivity index (χ3v) is 6.83. The zero-order chi connectivity index (χ0) is 28.3. The highest BCUT2D eigenvalue weighted by molar-refractivity contribution is 7.07. The molecule has 202 valence electrons. The van der Waals surface area contributed by atoms with E-state index in [0.29, 0.717) is 37.7 Å². The second-order valence-corrected chi connectivity index (χ2v) is 9.90. The molecular formula is C28H27N3O7S. The number of rotatable bonds is 9. The molecule has 3 aromatic rings. The number of hydrogen-bond acceptors (Lipinski definition) is 9. The summed E-state index contributed by atoms with van der Waals surface area (Å²) in [5.74, 6) is 0.333. The van der Waals surface area contributed by atoms with Crippen LogP contribution < -0.4 is 24.4 Å². The standard InChI is InChI=1S/C28H27N3O7S/c1-6-13-37-21-12-9-19(15-22(21)36-5)25-24(27(33)38-16(2)3)17(4)29-28-30(25)26(32)23(39-28)14-18-7-10-20(11-8-18)31(34)35/h6-12,14-16,25H,1,13H2,2-5H3. The molecule has 0 amide bonds. The Kier molecular flexibility index (Phi) is 8.10. The lowest BCUT2D eigenvalue weighted by atomic mass is 9.95. The summed E-state index contributed by atoms with van der Waals surface area (Å²) in [5.41, 5.74) is 1.47. The predicted molar refractivity (Wildman–Crippen MR) is 147 cm³/mol. The van der Waals surface area contributed by atoms with Crippen molar-refractivity contribution in [1.29, 1.82) is 0 Å². The number of aromatic nitrogens is 1. The molecule has 0 saturated heterocycles. The van der Waals surface area contributed by atoms with E-state index in [2.05, 4.69) is 11.6 Å². The van der Waals surface area contributed by atoms with E-state index < -0.39 is 16.9 Å². The first kappa shape index (κ1) is 27.5. The molecule has 1 aromatic heterocycles. The molecule has 0 radical (unpaired) electrons. The summed E-state index contributed by atoms with van der Waals surface area (Å²) in [6.45, 7) is 9.13. The topological polar surface area (TPSA) is 122 Å². The molecule has 0 saturated carbocycles. The number of ether oxygens (including phenoxy) is 3. The maximum atomic E-state index is 13.8. The first-order valence-electron chi connectivity index (χ1n) is 12.0. The van der Waals surface area contributed by atoms with Crippen molar-refractivity contribution in [3.8, 4) is 11.5 Å². The minimum atomic E-state index is -0.839. The average molecular weight is 550 g/mol. The molecule has 1 aliphatic rings. The number of fused-ring (bicyclic) bond motifs is 1. The zero-order valence-electron chi connectivity index (χ0n) is 21.9. The fraction of sp³-hybridized carbons (Fsp3) is 0.250. The minimum absolute atomic E-state index is 0.0491. The molecule has 0 bridgehead atoms. The van der Waals surface area contributed by atoms with Gasteiger partial charge in [-0.3, -0.25) is 19.5 Å². The maximum Gasteiger partial charge on any atom is 0.338 e. The molecule has 10 nitrogen and oxygen atoms in total. The number of thiazole rings is 1. The summed E-state index contributed by atoms with van der Waals surface area (Å²) in [6.07, 6.45) is 2.87. The van der Waals surface area contributed by atoms with Crippen LogP contribution in [0, 0.1) is 10.1 Å². The molecule has 39 heavy (non-hydrogen) atoms. The SMILES string of the molecule is C=CCOc1ccc(C2C(C(=O)OC(C)C)=C(C)N=c3sc(=Cc4ccc([N+](=O)[O-])cc4)c(=O)n32)cc1OC. The Labute approximate surface area is 227 Å². The van der Waals surface area contributed by atoms with Crippen LogP contribution >= 0.6 is 11.3 Å². The monoisotopic (exact) mass is 549 g/mol. The molecular weight excluding hydrogens is 522 g/mol. The average Bonchev–Trinajstić information content (AvgIpc) is 3.20. The quantitative estimate of drug-likeness (QED) is 0.173. The van der Waals surface area contributed by atoms with Gasteiger partial charge < -0.3 is 14.2 Å². The molecule has 4 rings (SSSR count). The zero-order valence-corrected chi connectivity index (χ0v) is 22.7. The summed E-state index contributed by atoms with van der Waals surface area (Å²) in [5, 5.41) is 11.0. The molecule has 1 atom stereocenters. The molecule has 0 spiro atoms. The lowest BCUT2D eigenvalue weighted by Gasteiger charge is -2.26. The largest absolute Gasteiger partial charge is 0.493 e. The highest BCUT2D eigenvalue weighted by atomic mass is 32.1. The van der Waals surface area contributed by atoms with Crippen LogP contribution in [0.4, 0.5) is 5.69 Å². The molecule has 0 fully saturated rings. The minimum Gasteiger partial charge on any atom is -0.493 e. The van der Waals surface area contributed by atoms with Crippen molar-refractivity contribution >= 4 is 29.1 Å². The highest BCUT2D eigenvalue weighted by Gasteiger charge is 2.34. The third-order valence-electron chi connectivity index (χ3n) is 5.85. The summed E-state index contributed by atoms with van der Waals surface area (Å²) < 4.78 is 18.6. The number of carbonyl (C=O) groups is 1. The van der Waals surface area contributed by atoms with Gasteiger partial charge in [0.05, 0.1) is 40.0 Å². The Morgan fingerprint density at radius 2 is 1.95 bits per heavy atom. The Morgan fingerprint density at radius 1 is 1.23 bits per heavy atom. The van der Waals surface area contributed by atoms with E-state index >= 15 is 0 Å². The molecule has 1 unspecified atom stereocenters. The van der Waals surface area contributed by atoms with Crippen LogP contribution in [0.15, 0.2) is 76.2 Å². The van der Waals surface area contributed by atoms with Crippen LogP contribution in [-0.4, -0.2) is 35.3 Å². The van der Waals surface area contributed by atoms with E-state index in [4.69, 9.17) is 14.2 Å². The number of benzene rings is 2. The molecule has 2 heterocycles. The number of nitrogens with zero attached hydrogens (tertiary/aromatic N) is 3. The van der Waals surface area contributed by atoms with Crippen molar-refractivity contribution in [2.45, 2.75) is 32.9 Å². The van der Waals surface area contributed by atoms with Crippen LogP contribution in [0.3, 0.4) is 0 Å². The predicted octanol–water partition coefficient (Wildman–Crippen LogP) is 3.67. The van der Waals surface area contributed by atoms with Crippen LogP contribution in [0.1, 0.15) is 37.9 Å². The van der Waals surface area contributed by atoms with E-state index in [0.717, 1.165) is 11.3 Å². The number of hydrogen-bond donors (Lipinski definition) is 0. The van der Waals surface area contributed by atoms with Crippen molar-refractivity contribution in [1.82, 2.24) is 4.57 Å². The molecule has 1 aliphatic heterocycles. The lowest BCUT2D eigenvalue weighted by Crippen LogP contribution is -2.40. The Hall–Kier alpha value is -4.51. The summed E-state index contributed by atoms with van der Waals surface area (Å²) in [4.78, 5) is 42.6. The van der Waals surface area contributed by atoms with Crippen LogP contribution in [0.25, 0.3) is 6.08 Å². The normalized spacial score (nSPS) is 15.0. The smallest absolute Gasteiger partial charge is 0.338 e. The number of nitro groups is 1. The van der Waals surface area contributed by atoms with Crippen LogP contribution in [0.5, 0.6) is 11.5 Å². The van der Waals surface area contributed by atoms with Gasteiger partial charge in [-0.2, -0.15) is 0 Å². The van der Waals surface area contributed by atoms with E-state index in [9.17, 15) is 19.7 Å². The Bertz CT molecular complexity index is 1650. The van der Waals surface area contributed by atoms with Crippen LogP contribution in [0.2, 0.25) is 0 Å². The van der Waals surface area contributed by atoms with Gasteiger partial charge in [-0.25, -0.2) is 9.79 Å². The van der Waals surface area contributed by atoms with Crippen molar-refractivity contribution < 1.29 is 23.9 Å². The van der Waals surface area contributed by atoms with Gasteiger partial charge in [0.25, 0.3) is 11.2 Å². The van der Waals surface area contributed by atoms with E-state index in [1.807, 2.05) is 0 Å². The third kappa shape index (κ3) is 5.68. The number of allylic oxidation sites excluding steroid dienone is 1. The number of methoxy groups -OCH3 is 1. The first-order valence-corrected chi connectivity index (χ1v) is 12.9. The summed E-state index contributed by atoms with van der Waals surface area (Å²) >= 11 is 1.16. The fourth-order valence-corrected chi connectivity index (χ4v) is 5.19. The number of nitro benzene ring substituents is 1. The van der Waals surface area contributed by atoms with Crippen LogP contribution in [-0.2, 0) is 9.53 Å². The van der Waals surface area contributed by atoms with Gasteiger partial charge in [-0.05, 0) is 62.2 Å². The van der Waals surface area contributed by atoms with Crippen molar-refractivity contribution in [2.75, 3.05) is 13.7 Å². The Morgan fingerprint density at radius 3 is 2.56 bits per heavy atom. The van der Waals surface area contributed by atoms with Gasteiger partial charge in [-0.1, -0.05) is 30.1 Å². The fourth-order valence-electron chi connectivity index (χ4n) is 4.14. The molecule has 11 heteroatoms. The summed E-state index contributed by atoms with van der Waals surface area (Å²) in [7, 11) is 1.50. The van der Waals surface area contributed by atoms with Gasteiger partial charge in [0.1, 0.15) is 6.61 Å². The number of non-ortho nitro benzene ring substituents is 1. The van der Waals surface area contributed by atoms with Gasteiger partial charge in [0, 0.05) is 12.1 Å². The summed E-state index contributed by atoms with van der Waals surface area (Å²) in [6, 6.07) is 10.2. The highest BCUT2D eigenvalue weighted by Crippen LogP contribution is 2.36. The van der Waals surface area contributed by atoms with Gasteiger partial charge >= 0.3 is 5.97 Å². The first-order chi connectivity index (χ1) is 18.6. The van der Waals surface area contributed by atoms with Crippen molar-refractivity contribution in [3.05, 3.63) is 107 Å². The molecule has 0 N–H and O–H groups in total. The second-order valence-electron chi connectivity index (χ2n) is 8.89. The van der Waals surface area contributed by atoms with Crippen molar-refractivity contribution in [3.63, 3.8) is 0 Å². The van der Waals surface area contributed by atoms with Gasteiger partial charge in [0.2, 0.25) is 0 Å².